The molecular formula is C17H17N3O2. The maximum Gasteiger partial charge on any atom is 0.245 e. The Morgan fingerprint density at radius 1 is 1.14 bits per heavy atom. The molecule has 0 bridgehead atoms. The maximum atomic E-state index is 11.1. The molecule has 1 amide bonds. The van der Waals surface area contributed by atoms with Gasteiger partial charge in [-0.05, 0) is 23.3 Å². The van der Waals surface area contributed by atoms with Gasteiger partial charge in [-0.15, -0.1) is 0 Å². The maximum absolute atomic E-state index is 11.1. The van der Waals surface area contributed by atoms with Crippen molar-refractivity contribution in [3.63, 3.8) is 0 Å². The number of benzene rings is 2. The van der Waals surface area contributed by atoms with Crippen LogP contribution in [0.25, 0.3) is 11.0 Å². The van der Waals surface area contributed by atoms with Crippen LogP contribution in [0.5, 0.6) is 0 Å². The predicted octanol–water partition coefficient (Wildman–Crippen LogP) is 1.69. The Labute approximate surface area is 128 Å². The van der Waals surface area contributed by atoms with E-state index in [9.17, 15) is 4.79 Å². The average Bonchev–Trinajstić information content (AvgIpc) is 2.96. The number of rotatable bonds is 5. The predicted molar refractivity (Wildman–Crippen MR) is 84.2 cm³/mol. The van der Waals surface area contributed by atoms with Crippen LogP contribution in [0.1, 0.15) is 11.1 Å². The van der Waals surface area contributed by atoms with Crippen LogP contribution in [-0.2, 0) is 17.9 Å². The lowest BCUT2D eigenvalue weighted by atomic mass is 10.1. The summed E-state index contributed by atoms with van der Waals surface area (Å²) < 4.78 is 2.10. The van der Waals surface area contributed by atoms with Crippen LogP contribution < -0.4 is 5.32 Å². The first kappa shape index (κ1) is 14.3. The van der Waals surface area contributed by atoms with Gasteiger partial charge in [-0.2, -0.15) is 0 Å². The van der Waals surface area contributed by atoms with E-state index in [2.05, 4.69) is 14.9 Å². The van der Waals surface area contributed by atoms with Crippen molar-refractivity contribution in [1.82, 2.24) is 14.9 Å². The topological polar surface area (TPSA) is 67.2 Å². The minimum atomic E-state index is -0.485. The lowest BCUT2D eigenvalue weighted by molar-refractivity contribution is -0.123. The molecular weight excluding hydrogens is 278 g/mol. The molecule has 2 N–H and O–H groups in total. The summed E-state index contributed by atoms with van der Waals surface area (Å²) in [7, 11) is 0. The van der Waals surface area contributed by atoms with Crippen molar-refractivity contribution in [2.75, 3.05) is 6.61 Å². The van der Waals surface area contributed by atoms with Crippen molar-refractivity contribution in [2.45, 2.75) is 13.1 Å². The van der Waals surface area contributed by atoms with Crippen molar-refractivity contribution < 1.29 is 9.90 Å². The molecule has 2 aromatic carbocycles. The summed E-state index contributed by atoms with van der Waals surface area (Å²) in [6, 6.07) is 16.0. The fourth-order valence-corrected chi connectivity index (χ4v) is 2.43. The molecule has 0 aliphatic carbocycles. The van der Waals surface area contributed by atoms with Crippen molar-refractivity contribution in [1.29, 1.82) is 0 Å². The second-order valence-corrected chi connectivity index (χ2v) is 5.12. The van der Waals surface area contributed by atoms with E-state index in [4.69, 9.17) is 5.11 Å². The molecule has 3 aromatic rings. The van der Waals surface area contributed by atoms with E-state index < -0.39 is 6.61 Å². The van der Waals surface area contributed by atoms with Gasteiger partial charge < -0.3 is 15.0 Å². The minimum absolute atomic E-state index is 0.369. The van der Waals surface area contributed by atoms with Crippen LogP contribution in [0.4, 0.5) is 0 Å². The molecule has 0 radical (unpaired) electrons. The first-order valence-electron chi connectivity index (χ1n) is 7.11. The molecule has 112 valence electrons. The highest BCUT2D eigenvalue weighted by atomic mass is 16.3. The van der Waals surface area contributed by atoms with Gasteiger partial charge in [0, 0.05) is 13.1 Å². The van der Waals surface area contributed by atoms with Gasteiger partial charge in [0.1, 0.15) is 6.61 Å². The van der Waals surface area contributed by atoms with Gasteiger partial charge in [0.15, 0.2) is 0 Å². The molecule has 0 saturated carbocycles. The number of nitrogens with one attached hydrogen (secondary N) is 1. The Bertz CT molecular complexity index is 795. The molecule has 0 aliphatic rings. The van der Waals surface area contributed by atoms with Crippen LogP contribution in [0.3, 0.4) is 0 Å². The lowest BCUT2D eigenvalue weighted by Gasteiger charge is -2.08. The van der Waals surface area contributed by atoms with E-state index in [0.29, 0.717) is 6.54 Å². The number of carbonyl (C=O) groups is 1. The number of imidazole rings is 1. The van der Waals surface area contributed by atoms with E-state index in [-0.39, 0.29) is 5.91 Å². The summed E-state index contributed by atoms with van der Waals surface area (Å²) in [5.41, 5.74) is 4.22. The smallest absolute Gasteiger partial charge is 0.245 e. The highest BCUT2D eigenvalue weighted by Gasteiger charge is 2.04. The summed E-state index contributed by atoms with van der Waals surface area (Å²) in [5, 5.41) is 11.4. The number of aliphatic hydroxyl groups excluding tert-OH is 1. The highest BCUT2D eigenvalue weighted by molar-refractivity contribution is 5.76. The van der Waals surface area contributed by atoms with Crippen LogP contribution >= 0.6 is 0 Å². The van der Waals surface area contributed by atoms with E-state index in [0.717, 1.165) is 28.7 Å². The standard InChI is InChI=1S/C17H17N3O2/c21-11-17(22)18-9-13-4-3-5-14(8-13)10-20-12-19-15-6-1-2-7-16(15)20/h1-8,12,21H,9-11H2,(H,18,22). The van der Waals surface area contributed by atoms with Crippen molar-refractivity contribution in [3.05, 3.63) is 66.0 Å². The average molecular weight is 295 g/mol. The van der Waals surface area contributed by atoms with Gasteiger partial charge in [0.25, 0.3) is 0 Å². The van der Waals surface area contributed by atoms with Crippen LogP contribution in [0.15, 0.2) is 54.9 Å². The first-order chi connectivity index (χ1) is 10.8. The van der Waals surface area contributed by atoms with Gasteiger partial charge in [-0.1, -0.05) is 36.4 Å². The third-order valence-corrected chi connectivity index (χ3v) is 3.50. The summed E-state index contributed by atoms with van der Waals surface area (Å²) in [6.07, 6.45) is 1.84. The van der Waals surface area contributed by atoms with E-state index in [1.165, 1.54) is 0 Å². The highest BCUT2D eigenvalue weighted by Crippen LogP contribution is 2.14. The van der Waals surface area contributed by atoms with Crippen molar-refractivity contribution >= 4 is 16.9 Å². The summed E-state index contributed by atoms with van der Waals surface area (Å²) in [6.45, 7) is 0.654. The Balaban J connectivity index is 1.76. The van der Waals surface area contributed by atoms with Gasteiger partial charge in [-0.3, -0.25) is 4.79 Å². The number of fused-ring (bicyclic) bond motifs is 1. The third-order valence-electron chi connectivity index (χ3n) is 3.50. The zero-order valence-corrected chi connectivity index (χ0v) is 12.1. The number of aromatic nitrogens is 2. The first-order valence-corrected chi connectivity index (χ1v) is 7.11. The van der Waals surface area contributed by atoms with Crippen LogP contribution in [-0.4, -0.2) is 27.2 Å². The number of para-hydroxylation sites is 2. The molecule has 0 aliphatic heterocycles. The molecule has 5 nitrogen and oxygen atoms in total. The van der Waals surface area contributed by atoms with Crippen molar-refractivity contribution in [2.24, 2.45) is 0 Å². The largest absolute Gasteiger partial charge is 0.387 e. The number of aliphatic hydroxyl groups is 1. The van der Waals surface area contributed by atoms with Gasteiger partial charge in [0.2, 0.25) is 5.91 Å². The van der Waals surface area contributed by atoms with Crippen molar-refractivity contribution in [3.8, 4) is 0 Å². The zero-order chi connectivity index (χ0) is 15.4. The minimum Gasteiger partial charge on any atom is -0.387 e. The third kappa shape index (κ3) is 3.15. The molecule has 0 unspecified atom stereocenters. The Kier molecular flexibility index (Phi) is 4.16. The molecule has 0 saturated heterocycles. The van der Waals surface area contributed by atoms with E-state index in [1.54, 1.807) is 0 Å². The monoisotopic (exact) mass is 295 g/mol. The molecule has 5 heteroatoms. The molecule has 0 spiro atoms. The number of hydrogen-bond donors (Lipinski definition) is 2. The SMILES string of the molecule is O=C(CO)NCc1cccc(Cn2cnc3ccccc32)c1. The summed E-state index contributed by atoms with van der Waals surface area (Å²) in [4.78, 5) is 15.5. The van der Waals surface area contributed by atoms with Gasteiger partial charge in [-0.25, -0.2) is 4.98 Å². The number of amides is 1. The fourth-order valence-electron chi connectivity index (χ4n) is 2.43. The Hall–Kier alpha value is -2.66. The number of hydrogen-bond acceptors (Lipinski definition) is 3. The van der Waals surface area contributed by atoms with E-state index in [1.807, 2.05) is 54.9 Å². The normalized spacial score (nSPS) is 10.8. The summed E-state index contributed by atoms with van der Waals surface area (Å²) >= 11 is 0. The second-order valence-electron chi connectivity index (χ2n) is 5.12. The van der Waals surface area contributed by atoms with Gasteiger partial charge >= 0.3 is 0 Å². The molecule has 1 aromatic heterocycles. The molecule has 0 fully saturated rings. The van der Waals surface area contributed by atoms with Gasteiger partial charge in [0.05, 0.1) is 17.4 Å². The molecule has 3 rings (SSSR count). The zero-order valence-electron chi connectivity index (χ0n) is 12.1. The number of carbonyl (C=O) groups excluding carboxylic acids is 1. The van der Waals surface area contributed by atoms with Crippen LogP contribution in [0.2, 0.25) is 0 Å². The Morgan fingerprint density at radius 2 is 1.95 bits per heavy atom. The second kappa shape index (κ2) is 6.41. The quantitative estimate of drug-likeness (QED) is 0.753. The Morgan fingerprint density at radius 3 is 2.82 bits per heavy atom. The van der Waals surface area contributed by atoms with Crippen LogP contribution in [0, 0.1) is 0 Å². The molecule has 22 heavy (non-hydrogen) atoms. The number of nitrogens with zero attached hydrogens (tertiary/aromatic N) is 2. The molecule has 0 atom stereocenters. The summed E-state index contributed by atoms with van der Waals surface area (Å²) in [5.74, 6) is -0.369. The molecule has 1 heterocycles. The fraction of sp³-hybridized carbons (Fsp3) is 0.176. The van der Waals surface area contributed by atoms with E-state index >= 15 is 0 Å². The lowest BCUT2D eigenvalue weighted by Crippen LogP contribution is -2.25.